The lowest BCUT2D eigenvalue weighted by Crippen LogP contribution is -2.04. The van der Waals surface area contributed by atoms with E-state index >= 15 is 0 Å². The summed E-state index contributed by atoms with van der Waals surface area (Å²) in [5.74, 6) is 1.21. The van der Waals surface area contributed by atoms with E-state index < -0.39 is 0 Å². The van der Waals surface area contributed by atoms with Gasteiger partial charge in [0, 0.05) is 28.9 Å². The Bertz CT molecular complexity index is 794. The van der Waals surface area contributed by atoms with Crippen molar-refractivity contribution in [2.45, 2.75) is 39.2 Å². The number of hydrogen-bond donors (Lipinski definition) is 1. The van der Waals surface area contributed by atoms with Crippen LogP contribution in [0.15, 0.2) is 24.3 Å². The molecule has 3 rings (SSSR count). The van der Waals surface area contributed by atoms with Crippen molar-refractivity contribution < 1.29 is 0 Å². The van der Waals surface area contributed by atoms with Crippen molar-refractivity contribution in [3.63, 3.8) is 0 Å². The molecule has 0 saturated carbocycles. The molecule has 0 amide bonds. The summed E-state index contributed by atoms with van der Waals surface area (Å²) in [6.07, 6.45) is 4.09. The van der Waals surface area contributed by atoms with Crippen LogP contribution in [0.5, 0.6) is 0 Å². The number of anilines is 1. The van der Waals surface area contributed by atoms with Crippen LogP contribution in [0.25, 0.3) is 21.8 Å². The molecule has 0 spiro atoms. The highest BCUT2D eigenvalue weighted by Crippen LogP contribution is 2.31. The number of unbranched alkanes of at least 4 members (excludes halogenated alkanes) is 1. The molecule has 5 heteroatoms. The third kappa shape index (κ3) is 2.63. The first-order valence-corrected chi connectivity index (χ1v) is 8.39. The molecule has 22 heavy (non-hydrogen) atoms. The molecule has 0 bridgehead atoms. The predicted molar refractivity (Wildman–Crippen MR) is 93.4 cm³/mol. The van der Waals surface area contributed by atoms with E-state index in [0.717, 1.165) is 54.0 Å². The first kappa shape index (κ1) is 15.1. The van der Waals surface area contributed by atoms with Crippen molar-refractivity contribution in [3.8, 4) is 0 Å². The highest BCUT2D eigenvalue weighted by Gasteiger charge is 2.16. The predicted octanol–water partition coefficient (Wildman–Crippen LogP) is 4.14. The van der Waals surface area contributed by atoms with Gasteiger partial charge in [-0.25, -0.2) is 4.98 Å². The minimum absolute atomic E-state index is 0.516. The molecule has 0 saturated heterocycles. The molecule has 0 radical (unpaired) electrons. The van der Waals surface area contributed by atoms with E-state index in [1.54, 1.807) is 0 Å². The Labute approximate surface area is 135 Å². The topological polar surface area (TPSA) is 56.7 Å². The summed E-state index contributed by atoms with van der Waals surface area (Å²) >= 11 is 5.83. The van der Waals surface area contributed by atoms with Gasteiger partial charge in [0.25, 0.3) is 0 Å². The Morgan fingerprint density at radius 1 is 1.23 bits per heavy atom. The average Bonchev–Trinajstić information content (AvgIpc) is 2.88. The van der Waals surface area contributed by atoms with E-state index in [9.17, 15) is 0 Å². The number of halogens is 1. The zero-order valence-corrected chi connectivity index (χ0v) is 13.6. The van der Waals surface area contributed by atoms with E-state index in [-0.39, 0.29) is 0 Å². The Hall–Kier alpha value is -1.81. The maximum atomic E-state index is 6.15. The number of aryl methyl sites for hydroxylation is 2. The van der Waals surface area contributed by atoms with Crippen molar-refractivity contribution in [2.24, 2.45) is 0 Å². The second kappa shape index (κ2) is 6.53. The van der Waals surface area contributed by atoms with Crippen LogP contribution >= 0.6 is 11.6 Å². The summed E-state index contributed by atoms with van der Waals surface area (Å²) in [5, 5.41) is 7.02. The molecule has 0 aliphatic rings. The van der Waals surface area contributed by atoms with E-state index in [2.05, 4.69) is 22.7 Å². The van der Waals surface area contributed by atoms with E-state index in [4.69, 9.17) is 22.4 Å². The standard InChI is InChI=1S/C17H21ClN4/c1-2-11-22-14(9-5-6-10-18)15-12-7-3-4-8-13(12)20-17(19)16(15)21-22/h3-4,7-8H,2,5-6,9-11H2,1H3,(H2,19,20). The molecule has 0 fully saturated rings. The monoisotopic (exact) mass is 316 g/mol. The van der Waals surface area contributed by atoms with Gasteiger partial charge in [-0.05, 0) is 31.7 Å². The summed E-state index contributed by atoms with van der Waals surface area (Å²) < 4.78 is 2.10. The quantitative estimate of drug-likeness (QED) is 0.549. The van der Waals surface area contributed by atoms with Gasteiger partial charge in [0.1, 0.15) is 5.52 Å². The lowest BCUT2D eigenvalue weighted by atomic mass is 10.1. The fourth-order valence-electron chi connectivity index (χ4n) is 2.96. The molecular formula is C17H21ClN4. The van der Waals surface area contributed by atoms with Crippen molar-refractivity contribution in [1.82, 2.24) is 14.8 Å². The molecule has 0 atom stereocenters. The molecule has 116 valence electrons. The molecule has 2 heterocycles. The Morgan fingerprint density at radius 3 is 2.82 bits per heavy atom. The zero-order chi connectivity index (χ0) is 15.5. The van der Waals surface area contributed by atoms with E-state index in [1.165, 1.54) is 5.69 Å². The number of aromatic nitrogens is 3. The third-order valence-corrected chi connectivity index (χ3v) is 4.21. The van der Waals surface area contributed by atoms with Gasteiger partial charge >= 0.3 is 0 Å². The molecule has 1 aromatic carbocycles. The summed E-state index contributed by atoms with van der Waals surface area (Å²) in [5.41, 5.74) is 9.16. The van der Waals surface area contributed by atoms with Crippen LogP contribution < -0.4 is 5.73 Å². The van der Waals surface area contributed by atoms with Crippen LogP contribution in [0.1, 0.15) is 31.9 Å². The number of pyridine rings is 1. The van der Waals surface area contributed by atoms with Gasteiger partial charge < -0.3 is 5.73 Å². The van der Waals surface area contributed by atoms with Crippen molar-refractivity contribution in [3.05, 3.63) is 30.0 Å². The summed E-state index contributed by atoms with van der Waals surface area (Å²) in [7, 11) is 0. The van der Waals surface area contributed by atoms with Gasteiger partial charge in [-0.1, -0.05) is 25.1 Å². The van der Waals surface area contributed by atoms with E-state index in [0.29, 0.717) is 11.7 Å². The lowest BCUT2D eigenvalue weighted by molar-refractivity contribution is 0.571. The summed E-state index contributed by atoms with van der Waals surface area (Å²) in [4.78, 5) is 4.50. The fraction of sp³-hybridized carbons (Fsp3) is 0.412. The first-order chi connectivity index (χ1) is 10.8. The molecule has 0 unspecified atom stereocenters. The average molecular weight is 317 g/mol. The molecule has 2 N–H and O–H groups in total. The van der Waals surface area contributed by atoms with E-state index in [1.807, 2.05) is 18.2 Å². The summed E-state index contributed by atoms with van der Waals surface area (Å²) in [6, 6.07) is 8.14. The maximum Gasteiger partial charge on any atom is 0.152 e. The van der Waals surface area contributed by atoms with Gasteiger partial charge in [-0.15, -0.1) is 11.6 Å². The molecular weight excluding hydrogens is 296 g/mol. The largest absolute Gasteiger partial charge is 0.382 e. The SMILES string of the molecule is CCCn1nc2c(N)nc3ccccc3c2c1CCCCCl. The van der Waals surface area contributed by atoms with Gasteiger partial charge in [0.15, 0.2) is 5.82 Å². The molecule has 0 aliphatic heterocycles. The van der Waals surface area contributed by atoms with Gasteiger partial charge in [-0.3, -0.25) is 4.68 Å². The Balaban J connectivity index is 2.24. The van der Waals surface area contributed by atoms with Crippen LogP contribution in [0.2, 0.25) is 0 Å². The number of nitrogens with two attached hydrogens (primary N) is 1. The second-order valence-corrected chi connectivity index (χ2v) is 5.93. The molecule has 2 aromatic heterocycles. The van der Waals surface area contributed by atoms with Crippen LogP contribution in [-0.4, -0.2) is 20.6 Å². The zero-order valence-electron chi connectivity index (χ0n) is 12.8. The third-order valence-electron chi connectivity index (χ3n) is 3.95. The fourth-order valence-corrected chi connectivity index (χ4v) is 3.15. The van der Waals surface area contributed by atoms with Crippen LogP contribution in [0.4, 0.5) is 5.82 Å². The van der Waals surface area contributed by atoms with Crippen molar-refractivity contribution in [1.29, 1.82) is 0 Å². The van der Waals surface area contributed by atoms with Gasteiger partial charge in [0.2, 0.25) is 0 Å². The smallest absolute Gasteiger partial charge is 0.152 e. The Morgan fingerprint density at radius 2 is 2.05 bits per heavy atom. The first-order valence-electron chi connectivity index (χ1n) is 7.85. The van der Waals surface area contributed by atoms with Gasteiger partial charge in [-0.2, -0.15) is 5.10 Å². The lowest BCUT2D eigenvalue weighted by Gasteiger charge is -2.07. The number of para-hydroxylation sites is 1. The minimum atomic E-state index is 0.516. The summed E-state index contributed by atoms with van der Waals surface area (Å²) in [6.45, 7) is 3.06. The number of nitrogen functional groups attached to an aromatic ring is 1. The van der Waals surface area contributed by atoms with Crippen LogP contribution in [-0.2, 0) is 13.0 Å². The highest BCUT2D eigenvalue weighted by atomic mass is 35.5. The normalized spacial score (nSPS) is 11.5. The number of rotatable bonds is 6. The molecule has 0 aliphatic carbocycles. The Kier molecular flexibility index (Phi) is 4.48. The minimum Gasteiger partial charge on any atom is -0.382 e. The number of benzene rings is 1. The maximum absolute atomic E-state index is 6.15. The number of hydrogen-bond acceptors (Lipinski definition) is 3. The van der Waals surface area contributed by atoms with Crippen molar-refractivity contribution >= 4 is 39.2 Å². The van der Waals surface area contributed by atoms with Gasteiger partial charge in [0.05, 0.1) is 5.52 Å². The number of alkyl halides is 1. The highest BCUT2D eigenvalue weighted by molar-refractivity contribution is 6.17. The van der Waals surface area contributed by atoms with Crippen LogP contribution in [0, 0.1) is 0 Å². The number of nitrogens with zero attached hydrogens (tertiary/aromatic N) is 3. The molecule has 3 aromatic rings. The molecule has 4 nitrogen and oxygen atoms in total. The number of fused-ring (bicyclic) bond motifs is 3. The van der Waals surface area contributed by atoms with Crippen LogP contribution in [0.3, 0.4) is 0 Å². The second-order valence-electron chi connectivity index (χ2n) is 5.55. The van der Waals surface area contributed by atoms with Crippen molar-refractivity contribution in [2.75, 3.05) is 11.6 Å².